The molecule has 0 aromatic carbocycles. The maximum atomic E-state index is 13.1. The van der Waals surface area contributed by atoms with E-state index in [1.807, 2.05) is 0 Å². The van der Waals surface area contributed by atoms with Crippen LogP contribution in [0.2, 0.25) is 0 Å². The van der Waals surface area contributed by atoms with Crippen molar-refractivity contribution in [3.8, 4) is 6.07 Å². The SMILES string of the molecule is CCOC(=O)N[C@H]1CCN(C2CCC(C#N)(c3ccc(F)cn3)CC2)C1. The van der Waals surface area contributed by atoms with Crippen molar-refractivity contribution in [3.63, 3.8) is 0 Å². The Morgan fingerprint density at radius 2 is 2.23 bits per heavy atom. The van der Waals surface area contributed by atoms with Crippen LogP contribution < -0.4 is 5.32 Å². The van der Waals surface area contributed by atoms with E-state index in [2.05, 4.69) is 21.3 Å². The van der Waals surface area contributed by atoms with Crippen LogP contribution in [0.4, 0.5) is 9.18 Å². The maximum Gasteiger partial charge on any atom is 0.407 e. The van der Waals surface area contributed by atoms with E-state index in [9.17, 15) is 14.4 Å². The second-order valence-corrected chi connectivity index (χ2v) is 7.13. The van der Waals surface area contributed by atoms with E-state index in [0.29, 0.717) is 18.3 Å². The number of rotatable bonds is 4. The Bertz CT molecular complexity index is 665. The molecule has 2 fully saturated rings. The van der Waals surface area contributed by atoms with Gasteiger partial charge in [-0.25, -0.2) is 9.18 Å². The molecule has 7 heteroatoms. The zero-order chi connectivity index (χ0) is 18.6. The standard InChI is InChI=1S/C19H25FN4O2/c1-2-26-18(25)23-15-7-10-24(12-15)16-5-8-19(13-21,9-6-16)17-4-3-14(20)11-22-17/h3-4,11,15-16H,2,5-10,12H2,1H3,(H,23,25)/t15-,16?,19?/m0/s1. The lowest BCUT2D eigenvalue weighted by molar-refractivity contribution is 0.143. The Labute approximate surface area is 153 Å². The topological polar surface area (TPSA) is 78.2 Å². The fourth-order valence-corrected chi connectivity index (χ4v) is 4.12. The number of ether oxygens (including phenoxy) is 1. The molecule has 1 aliphatic heterocycles. The van der Waals surface area contributed by atoms with Crippen LogP contribution in [0.1, 0.15) is 44.7 Å². The summed E-state index contributed by atoms with van der Waals surface area (Å²) in [7, 11) is 0. The fourth-order valence-electron chi connectivity index (χ4n) is 4.12. The first-order valence-electron chi connectivity index (χ1n) is 9.27. The second-order valence-electron chi connectivity index (χ2n) is 7.13. The van der Waals surface area contributed by atoms with Crippen LogP contribution in [-0.2, 0) is 10.2 Å². The van der Waals surface area contributed by atoms with Gasteiger partial charge in [0.25, 0.3) is 0 Å². The molecule has 140 valence electrons. The van der Waals surface area contributed by atoms with Gasteiger partial charge < -0.3 is 10.1 Å². The smallest absolute Gasteiger partial charge is 0.407 e. The molecule has 1 N–H and O–H groups in total. The van der Waals surface area contributed by atoms with Crippen LogP contribution in [0.5, 0.6) is 0 Å². The van der Waals surface area contributed by atoms with Crippen LogP contribution in [0.3, 0.4) is 0 Å². The lowest BCUT2D eigenvalue weighted by Crippen LogP contribution is -2.43. The first-order valence-corrected chi connectivity index (χ1v) is 9.27. The van der Waals surface area contributed by atoms with Gasteiger partial charge in [0.15, 0.2) is 0 Å². The lowest BCUT2D eigenvalue weighted by atomic mass is 9.71. The number of aromatic nitrogens is 1. The molecular weight excluding hydrogens is 335 g/mol. The summed E-state index contributed by atoms with van der Waals surface area (Å²) in [6.07, 6.45) is 5.00. The first kappa shape index (κ1) is 18.6. The third-order valence-electron chi connectivity index (χ3n) is 5.57. The second kappa shape index (κ2) is 8.00. The van der Waals surface area contributed by atoms with E-state index < -0.39 is 5.41 Å². The van der Waals surface area contributed by atoms with Crippen LogP contribution in [0, 0.1) is 17.1 Å². The van der Waals surface area contributed by atoms with Crippen LogP contribution in [0.15, 0.2) is 18.3 Å². The normalized spacial score (nSPS) is 29.1. The molecule has 0 radical (unpaired) electrons. The van der Waals surface area contributed by atoms with Crippen molar-refractivity contribution in [1.82, 2.24) is 15.2 Å². The Hall–Kier alpha value is -2.20. The molecule has 2 heterocycles. The summed E-state index contributed by atoms with van der Waals surface area (Å²) in [4.78, 5) is 18.1. The number of nitrogens with one attached hydrogen (secondary N) is 1. The average Bonchev–Trinajstić information content (AvgIpc) is 3.11. The Kier molecular flexibility index (Phi) is 5.72. The summed E-state index contributed by atoms with van der Waals surface area (Å²) in [5, 5.41) is 12.7. The Morgan fingerprint density at radius 3 is 2.85 bits per heavy atom. The van der Waals surface area contributed by atoms with Crippen LogP contribution in [0.25, 0.3) is 0 Å². The van der Waals surface area contributed by atoms with E-state index in [1.165, 1.54) is 12.3 Å². The van der Waals surface area contributed by atoms with Gasteiger partial charge in [-0.3, -0.25) is 9.88 Å². The number of carbonyl (C=O) groups is 1. The minimum atomic E-state index is -0.619. The average molecular weight is 360 g/mol. The predicted molar refractivity (Wildman–Crippen MR) is 93.9 cm³/mol. The number of hydrogen-bond donors (Lipinski definition) is 1. The quantitative estimate of drug-likeness (QED) is 0.893. The van der Waals surface area contributed by atoms with Crippen molar-refractivity contribution in [2.75, 3.05) is 19.7 Å². The number of carbonyl (C=O) groups excluding carboxylic acids is 1. The van der Waals surface area contributed by atoms with Crippen molar-refractivity contribution in [3.05, 3.63) is 29.8 Å². The molecule has 1 saturated carbocycles. The van der Waals surface area contributed by atoms with Gasteiger partial charge in [0, 0.05) is 25.2 Å². The van der Waals surface area contributed by atoms with E-state index in [4.69, 9.17) is 4.74 Å². The number of amides is 1. The summed E-state index contributed by atoms with van der Waals surface area (Å²) in [5.41, 5.74) is 0.0510. The van der Waals surface area contributed by atoms with Crippen LogP contribution in [-0.4, -0.2) is 47.8 Å². The summed E-state index contributed by atoms with van der Waals surface area (Å²) >= 11 is 0. The zero-order valence-electron chi connectivity index (χ0n) is 15.1. The number of nitrogens with zero attached hydrogens (tertiary/aromatic N) is 3. The Morgan fingerprint density at radius 1 is 1.46 bits per heavy atom. The highest BCUT2D eigenvalue weighted by atomic mass is 19.1. The van der Waals surface area contributed by atoms with Crippen molar-refractivity contribution >= 4 is 6.09 Å². The van der Waals surface area contributed by atoms with Crippen molar-refractivity contribution in [2.24, 2.45) is 0 Å². The molecule has 6 nitrogen and oxygen atoms in total. The van der Waals surface area contributed by atoms with Gasteiger partial charge in [-0.1, -0.05) is 0 Å². The highest BCUT2D eigenvalue weighted by Crippen LogP contribution is 2.40. The van der Waals surface area contributed by atoms with Gasteiger partial charge in [0.1, 0.15) is 5.82 Å². The molecule has 3 rings (SSSR count). The minimum absolute atomic E-state index is 0.121. The van der Waals surface area contributed by atoms with E-state index in [1.54, 1.807) is 13.0 Å². The molecule has 1 aromatic rings. The first-order chi connectivity index (χ1) is 12.6. The molecule has 1 aromatic heterocycles. The molecule has 1 aliphatic carbocycles. The van der Waals surface area contributed by atoms with Crippen molar-refractivity contribution in [1.29, 1.82) is 5.26 Å². The van der Waals surface area contributed by atoms with Crippen molar-refractivity contribution in [2.45, 2.75) is 56.5 Å². The number of likely N-dealkylation sites (tertiary alicyclic amines) is 1. The predicted octanol–water partition coefficient (Wildman–Crippen LogP) is 2.75. The van der Waals surface area contributed by atoms with Crippen molar-refractivity contribution < 1.29 is 13.9 Å². The molecule has 1 amide bonds. The molecule has 2 aliphatic rings. The highest BCUT2D eigenvalue weighted by molar-refractivity contribution is 5.67. The van der Waals surface area contributed by atoms with Gasteiger partial charge >= 0.3 is 6.09 Å². The van der Waals surface area contributed by atoms with Crippen LogP contribution >= 0.6 is 0 Å². The monoisotopic (exact) mass is 360 g/mol. The number of nitriles is 1. The third-order valence-corrected chi connectivity index (χ3v) is 5.57. The minimum Gasteiger partial charge on any atom is -0.450 e. The van der Waals surface area contributed by atoms with Gasteiger partial charge in [0.05, 0.1) is 30.0 Å². The number of halogens is 1. The summed E-state index contributed by atoms with van der Waals surface area (Å²) in [6.45, 7) is 3.92. The molecule has 1 atom stereocenters. The summed E-state index contributed by atoms with van der Waals surface area (Å²) in [6, 6.07) is 5.97. The van der Waals surface area contributed by atoms with Gasteiger partial charge in [0.2, 0.25) is 0 Å². The Balaban J connectivity index is 1.56. The number of hydrogen-bond acceptors (Lipinski definition) is 5. The largest absolute Gasteiger partial charge is 0.450 e. The van der Waals surface area contributed by atoms with E-state index in [0.717, 1.165) is 45.2 Å². The van der Waals surface area contributed by atoms with Gasteiger partial charge in [-0.05, 0) is 51.2 Å². The van der Waals surface area contributed by atoms with Gasteiger partial charge in [-0.15, -0.1) is 0 Å². The van der Waals surface area contributed by atoms with Gasteiger partial charge in [-0.2, -0.15) is 5.26 Å². The molecule has 0 unspecified atom stereocenters. The van der Waals surface area contributed by atoms with E-state index in [-0.39, 0.29) is 18.0 Å². The summed E-state index contributed by atoms with van der Waals surface area (Å²) < 4.78 is 18.1. The number of alkyl carbamates (subject to hydrolysis) is 1. The molecule has 26 heavy (non-hydrogen) atoms. The molecule has 0 spiro atoms. The highest BCUT2D eigenvalue weighted by Gasteiger charge is 2.41. The van der Waals surface area contributed by atoms with E-state index >= 15 is 0 Å². The third kappa shape index (κ3) is 3.96. The maximum absolute atomic E-state index is 13.1. The molecule has 0 bridgehead atoms. The molecular formula is C19H25FN4O2. The summed E-state index contributed by atoms with van der Waals surface area (Å²) in [5.74, 6) is -0.382. The molecule has 1 saturated heterocycles. The fraction of sp³-hybridized carbons (Fsp3) is 0.632. The lowest BCUT2D eigenvalue weighted by Gasteiger charge is -2.38. The number of pyridine rings is 1. The zero-order valence-corrected chi connectivity index (χ0v) is 15.1.